The lowest BCUT2D eigenvalue weighted by Crippen LogP contribution is -2.39. The van der Waals surface area contributed by atoms with Gasteiger partial charge in [-0.15, -0.1) is 0 Å². The van der Waals surface area contributed by atoms with E-state index in [1.54, 1.807) is 0 Å². The van der Waals surface area contributed by atoms with Crippen LogP contribution >= 0.6 is 0 Å². The zero-order valence-electron chi connectivity index (χ0n) is 11.8. The van der Waals surface area contributed by atoms with Crippen LogP contribution in [0.15, 0.2) is 24.3 Å². The van der Waals surface area contributed by atoms with Crippen LogP contribution in [0.5, 0.6) is 5.75 Å². The first kappa shape index (κ1) is 14.9. The first-order valence-corrected chi connectivity index (χ1v) is 7.15. The summed E-state index contributed by atoms with van der Waals surface area (Å²) in [5.41, 5.74) is 0.835. The van der Waals surface area contributed by atoms with E-state index >= 15 is 0 Å². The smallest absolute Gasteiger partial charge is 0.306 e. The van der Waals surface area contributed by atoms with E-state index in [-0.39, 0.29) is 24.5 Å². The van der Waals surface area contributed by atoms with Gasteiger partial charge in [-0.3, -0.25) is 4.79 Å². The summed E-state index contributed by atoms with van der Waals surface area (Å²) in [5.74, 6) is -0.196. The van der Waals surface area contributed by atoms with E-state index < -0.39 is 5.97 Å². The molecule has 0 radical (unpaired) electrons. The maximum atomic E-state index is 10.5. The average molecular weight is 278 g/mol. The molecule has 1 aliphatic rings. The number of aliphatic hydroxyl groups is 1. The molecule has 0 amide bonds. The van der Waals surface area contributed by atoms with Crippen LogP contribution in [0.1, 0.15) is 44.6 Å². The van der Waals surface area contributed by atoms with Gasteiger partial charge >= 0.3 is 5.97 Å². The minimum atomic E-state index is -0.865. The molecule has 2 rings (SSSR count). The molecule has 1 fully saturated rings. The largest absolute Gasteiger partial charge is 0.493 e. The Labute approximate surface area is 119 Å². The fourth-order valence-corrected chi connectivity index (χ4v) is 2.85. The molecule has 0 spiro atoms. The van der Waals surface area contributed by atoms with Crippen molar-refractivity contribution in [1.29, 1.82) is 0 Å². The van der Waals surface area contributed by atoms with E-state index in [1.165, 1.54) is 0 Å². The Bertz CT molecular complexity index is 471. The summed E-state index contributed by atoms with van der Waals surface area (Å²) in [5, 5.41) is 18.9. The first-order chi connectivity index (χ1) is 9.52. The molecule has 1 aliphatic carbocycles. The van der Waals surface area contributed by atoms with Crippen molar-refractivity contribution in [2.75, 3.05) is 6.61 Å². The van der Waals surface area contributed by atoms with E-state index in [2.05, 4.69) is 6.92 Å². The SMILES string of the molecule is CC1(c2cccc(OCCC(=O)O)c2)CCCCC1O. The Hall–Kier alpha value is -1.55. The molecule has 2 N–H and O–H groups in total. The van der Waals surface area contributed by atoms with Gasteiger partial charge in [0.15, 0.2) is 0 Å². The van der Waals surface area contributed by atoms with Gasteiger partial charge in [0.1, 0.15) is 5.75 Å². The summed E-state index contributed by atoms with van der Waals surface area (Å²) < 4.78 is 5.47. The van der Waals surface area contributed by atoms with Crippen molar-refractivity contribution in [3.63, 3.8) is 0 Å². The number of hydrogen-bond donors (Lipinski definition) is 2. The minimum Gasteiger partial charge on any atom is -0.493 e. The van der Waals surface area contributed by atoms with E-state index in [1.807, 2.05) is 24.3 Å². The number of aliphatic carboxylic acids is 1. The molecule has 1 saturated carbocycles. The Morgan fingerprint density at radius 3 is 2.95 bits per heavy atom. The Balaban J connectivity index is 2.10. The summed E-state index contributed by atoms with van der Waals surface area (Å²) in [4.78, 5) is 10.5. The van der Waals surface area contributed by atoms with E-state index in [0.29, 0.717) is 5.75 Å². The molecule has 2 unspecified atom stereocenters. The van der Waals surface area contributed by atoms with Crippen LogP contribution in [0.3, 0.4) is 0 Å². The third-order valence-electron chi connectivity index (χ3n) is 4.24. The van der Waals surface area contributed by atoms with Crippen LogP contribution in [-0.2, 0) is 10.2 Å². The van der Waals surface area contributed by atoms with Gasteiger partial charge in [0.05, 0.1) is 19.1 Å². The van der Waals surface area contributed by atoms with Crippen molar-refractivity contribution in [3.8, 4) is 5.75 Å². The average Bonchev–Trinajstić information content (AvgIpc) is 2.42. The molecule has 1 aromatic rings. The molecular weight excluding hydrogens is 256 g/mol. The van der Waals surface area contributed by atoms with Crippen molar-refractivity contribution < 1.29 is 19.7 Å². The highest BCUT2D eigenvalue weighted by Gasteiger charge is 2.37. The topological polar surface area (TPSA) is 66.8 Å². The number of carboxylic acids is 1. The van der Waals surface area contributed by atoms with Crippen molar-refractivity contribution in [2.24, 2.45) is 0 Å². The number of rotatable bonds is 5. The lowest BCUT2D eigenvalue weighted by molar-refractivity contribution is -0.137. The van der Waals surface area contributed by atoms with Crippen molar-refractivity contribution in [3.05, 3.63) is 29.8 Å². The number of hydrogen-bond acceptors (Lipinski definition) is 3. The first-order valence-electron chi connectivity index (χ1n) is 7.15. The van der Waals surface area contributed by atoms with Crippen molar-refractivity contribution in [2.45, 2.75) is 50.5 Å². The summed E-state index contributed by atoms with van der Waals surface area (Å²) in [6, 6.07) is 7.66. The van der Waals surface area contributed by atoms with Crippen LogP contribution in [0.4, 0.5) is 0 Å². The summed E-state index contributed by atoms with van der Waals surface area (Å²) in [6.45, 7) is 2.26. The number of carbonyl (C=O) groups is 1. The van der Waals surface area contributed by atoms with Gasteiger partial charge in [0, 0.05) is 5.41 Å². The summed E-state index contributed by atoms with van der Waals surface area (Å²) in [7, 11) is 0. The number of aliphatic hydroxyl groups excluding tert-OH is 1. The van der Waals surface area contributed by atoms with Gasteiger partial charge in [0.2, 0.25) is 0 Å². The van der Waals surface area contributed by atoms with E-state index in [9.17, 15) is 9.90 Å². The highest BCUT2D eigenvalue weighted by Crippen LogP contribution is 2.40. The maximum absolute atomic E-state index is 10.5. The standard InChI is InChI=1S/C16H22O4/c1-16(9-3-2-7-14(16)17)12-5-4-6-13(11-12)20-10-8-15(18)19/h4-6,11,14,17H,2-3,7-10H2,1H3,(H,18,19). The Kier molecular flexibility index (Phi) is 4.65. The second-order valence-corrected chi connectivity index (χ2v) is 5.70. The molecule has 4 heteroatoms. The lowest BCUT2D eigenvalue weighted by Gasteiger charge is -2.39. The molecule has 0 bridgehead atoms. The molecule has 2 atom stereocenters. The molecule has 0 heterocycles. The molecule has 0 aromatic heterocycles. The number of ether oxygens (including phenoxy) is 1. The van der Waals surface area contributed by atoms with Crippen molar-refractivity contribution >= 4 is 5.97 Å². The van der Waals surface area contributed by atoms with Gasteiger partial charge in [-0.2, -0.15) is 0 Å². The molecule has 4 nitrogen and oxygen atoms in total. The summed E-state index contributed by atoms with van der Waals surface area (Å²) in [6.07, 6.45) is 3.66. The van der Waals surface area contributed by atoms with Gasteiger partial charge in [-0.1, -0.05) is 31.9 Å². The van der Waals surface area contributed by atoms with Gasteiger partial charge < -0.3 is 14.9 Å². The highest BCUT2D eigenvalue weighted by molar-refractivity contribution is 5.66. The second kappa shape index (κ2) is 6.27. The minimum absolute atomic E-state index is 0.00980. The molecule has 20 heavy (non-hydrogen) atoms. The van der Waals surface area contributed by atoms with Gasteiger partial charge in [-0.25, -0.2) is 0 Å². The third-order valence-corrected chi connectivity index (χ3v) is 4.24. The molecule has 110 valence electrons. The van der Waals surface area contributed by atoms with Crippen LogP contribution in [0.2, 0.25) is 0 Å². The van der Waals surface area contributed by atoms with Crippen molar-refractivity contribution in [1.82, 2.24) is 0 Å². The zero-order valence-corrected chi connectivity index (χ0v) is 11.8. The van der Waals surface area contributed by atoms with E-state index in [0.717, 1.165) is 31.2 Å². The fraction of sp³-hybridized carbons (Fsp3) is 0.562. The molecular formula is C16H22O4. The van der Waals surface area contributed by atoms with Crippen LogP contribution < -0.4 is 4.74 Å². The predicted molar refractivity (Wildman–Crippen MR) is 76.0 cm³/mol. The zero-order chi connectivity index (χ0) is 14.6. The maximum Gasteiger partial charge on any atom is 0.306 e. The molecule has 0 saturated heterocycles. The monoisotopic (exact) mass is 278 g/mol. The third kappa shape index (κ3) is 3.31. The molecule has 1 aromatic carbocycles. The lowest BCUT2D eigenvalue weighted by atomic mass is 9.69. The van der Waals surface area contributed by atoms with Gasteiger partial charge in [-0.05, 0) is 30.5 Å². The van der Waals surface area contributed by atoms with Crippen LogP contribution in [0.25, 0.3) is 0 Å². The Morgan fingerprint density at radius 1 is 1.45 bits per heavy atom. The Morgan fingerprint density at radius 2 is 2.25 bits per heavy atom. The fourth-order valence-electron chi connectivity index (χ4n) is 2.85. The number of carboxylic acid groups (broad SMARTS) is 1. The van der Waals surface area contributed by atoms with Crippen LogP contribution in [-0.4, -0.2) is 28.9 Å². The summed E-state index contributed by atoms with van der Waals surface area (Å²) >= 11 is 0. The van der Waals surface area contributed by atoms with E-state index in [4.69, 9.17) is 9.84 Å². The second-order valence-electron chi connectivity index (χ2n) is 5.70. The quantitative estimate of drug-likeness (QED) is 0.869. The highest BCUT2D eigenvalue weighted by atomic mass is 16.5. The molecule has 0 aliphatic heterocycles. The normalized spacial score (nSPS) is 26.2. The van der Waals surface area contributed by atoms with Crippen LogP contribution in [0, 0.1) is 0 Å². The predicted octanol–water partition coefficient (Wildman–Crippen LogP) is 2.73. The number of benzene rings is 1. The van der Waals surface area contributed by atoms with Gasteiger partial charge in [0.25, 0.3) is 0 Å².